The van der Waals surface area contributed by atoms with Crippen LogP contribution in [0.3, 0.4) is 0 Å². The zero-order valence-corrected chi connectivity index (χ0v) is 11.2. The van der Waals surface area contributed by atoms with Gasteiger partial charge in [0.05, 0.1) is 7.11 Å². The van der Waals surface area contributed by atoms with E-state index < -0.39 is 0 Å². The largest absolute Gasteiger partial charge is 0.497 e. The molecule has 0 saturated heterocycles. The van der Waals surface area contributed by atoms with Gasteiger partial charge in [0, 0.05) is 11.6 Å². The summed E-state index contributed by atoms with van der Waals surface area (Å²) in [6.07, 6.45) is 0. The Hall–Kier alpha value is -2.16. The fourth-order valence-corrected chi connectivity index (χ4v) is 1.99. The molecule has 2 aromatic carbocycles. The van der Waals surface area contributed by atoms with E-state index in [-0.39, 0.29) is 11.6 Å². The second-order valence-corrected chi connectivity index (χ2v) is 4.47. The van der Waals surface area contributed by atoms with E-state index in [1.807, 2.05) is 13.0 Å². The molecule has 19 heavy (non-hydrogen) atoms. The van der Waals surface area contributed by atoms with E-state index in [2.05, 4.69) is 0 Å². The Morgan fingerprint density at radius 3 is 2.53 bits per heavy atom. The van der Waals surface area contributed by atoms with E-state index in [4.69, 9.17) is 4.74 Å². The summed E-state index contributed by atoms with van der Waals surface area (Å²) in [5.41, 5.74) is 3.14. The number of carbonyl (C=O) groups is 1. The molecule has 0 aliphatic heterocycles. The van der Waals surface area contributed by atoms with Gasteiger partial charge < -0.3 is 4.74 Å². The molecule has 0 atom stereocenters. The van der Waals surface area contributed by atoms with Crippen molar-refractivity contribution in [3.8, 4) is 16.9 Å². The molecule has 0 bridgehead atoms. The first kappa shape index (κ1) is 13.3. The van der Waals surface area contributed by atoms with Crippen LogP contribution in [0.25, 0.3) is 11.1 Å². The Morgan fingerprint density at radius 1 is 1.16 bits per heavy atom. The first-order chi connectivity index (χ1) is 9.01. The maximum atomic E-state index is 13.5. The molecular weight excluding hydrogens is 243 g/mol. The molecule has 0 aromatic heterocycles. The minimum absolute atomic E-state index is 0.00961. The third-order valence-electron chi connectivity index (χ3n) is 3.06. The number of ketones is 1. The zero-order valence-electron chi connectivity index (χ0n) is 11.2. The van der Waals surface area contributed by atoms with Crippen LogP contribution in [0.2, 0.25) is 0 Å². The molecule has 0 heterocycles. The van der Waals surface area contributed by atoms with Crippen LogP contribution in [0.4, 0.5) is 4.39 Å². The maximum Gasteiger partial charge on any atom is 0.159 e. The van der Waals surface area contributed by atoms with Gasteiger partial charge in [0.15, 0.2) is 5.78 Å². The van der Waals surface area contributed by atoms with Crippen molar-refractivity contribution >= 4 is 5.78 Å². The van der Waals surface area contributed by atoms with Gasteiger partial charge in [0.2, 0.25) is 0 Å². The van der Waals surface area contributed by atoms with Crippen LogP contribution in [0.15, 0.2) is 36.4 Å². The van der Waals surface area contributed by atoms with Gasteiger partial charge in [-0.25, -0.2) is 4.39 Å². The average molecular weight is 258 g/mol. The molecule has 0 aliphatic carbocycles. The van der Waals surface area contributed by atoms with Crippen LogP contribution in [0.1, 0.15) is 22.8 Å². The molecule has 0 aliphatic rings. The first-order valence-electron chi connectivity index (χ1n) is 5.98. The highest BCUT2D eigenvalue weighted by Crippen LogP contribution is 2.29. The van der Waals surface area contributed by atoms with Gasteiger partial charge in [0.25, 0.3) is 0 Å². The summed E-state index contributed by atoms with van der Waals surface area (Å²) in [5, 5.41) is 0. The number of hydrogen-bond acceptors (Lipinski definition) is 2. The van der Waals surface area contributed by atoms with Crippen LogP contribution >= 0.6 is 0 Å². The summed E-state index contributed by atoms with van der Waals surface area (Å²) in [6.45, 7) is 3.44. The summed E-state index contributed by atoms with van der Waals surface area (Å²) in [5.74, 6) is 0.0919. The van der Waals surface area contributed by atoms with Crippen LogP contribution in [0, 0.1) is 12.7 Å². The number of benzene rings is 2. The van der Waals surface area contributed by atoms with Crippen LogP contribution in [0.5, 0.6) is 5.75 Å². The monoisotopic (exact) mass is 258 g/mol. The predicted molar refractivity (Wildman–Crippen MR) is 73.1 cm³/mol. The van der Waals surface area contributed by atoms with E-state index in [1.165, 1.54) is 26.2 Å². The van der Waals surface area contributed by atoms with Gasteiger partial charge in [-0.2, -0.15) is 0 Å². The second kappa shape index (κ2) is 5.22. The number of halogens is 1. The number of ether oxygens (including phenoxy) is 1. The number of hydrogen-bond donors (Lipinski definition) is 0. The molecule has 0 fully saturated rings. The minimum Gasteiger partial charge on any atom is -0.497 e. The fourth-order valence-electron chi connectivity index (χ4n) is 1.99. The molecule has 0 unspecified atom stereocenters. The Morgan fingerprint density at radius 2 is 1.89 bits per heavy atom. The van der Waals surface area contributed by atoms with E-state index >= 15 is 0 Å². The standard InChI is InChI=1S/C16H15FO2/c1-10-4-5-12(11(2)18)8-16(10)13-6-14(17)9-15(7-13)19-3/h4-9H,1-3H3. The molecular formula is C16H15FO2. The Labute approximate surface area is 111 Å². The van der Waals surface area contributed by atoms with Crippen molar-refractivity contribution in [3.05, 3.63) is 53.3 Å². The van der Waals surface area contributed by atoms with Crippen LogP contribution in [-0.2, 0) is 0 Å². The molecule has 0 radical (unpaired) electrons. The summed E-state index contributed by atoms with van der Waals surface area (Å²) in [4.78, 5) is 11.4. The van der Waals surface area contributed by atoms with Crippen molar-refractivity contribution in [2.24, 2.45) is 0 Å². The van der Waals surface area contributed by atoms with Crippen molar-refractivity contribution in [1.29, 1.82) is 0 Å². The minimum atomic E-state index is -0.359. The Bertz CT molecular complexity index is 633. The lowest BCUT2D eigenvalue weighted by Gasteiger charge is -2.10. The van der Waals surface area contributed by atoms with Crippen molar-refractivity contribution in [3.63, 3.8) is 0 Å². The van der Waals surface area contributed by atoms with E-state index in [9.17, 15) is 9.18 Å². The molecule has 2 nitrogen and oxygen atoms in total. The van der Waals surface area contributed by atoms with Crippen molar-refractivity contribution < 1.29 is 13.9 Å². The van der Waals surface area contributed by atoms with Crippen molar-refractivity contribution in [2.45, 2.75) is 13.8 Å². The molecule has 2 aromatic rings. The van der Waals surface area contributed by atoms with E-state index in [0.717, 1.165) is 11.1 Å². The molecule has 2 rings (SSSR count). The molecule has 0 saturated carbocycles. The highest BCUT2D eigenvalue weighted by molar-refractivity contribution is 5.95. The quantitative estimate of drug-likeness (QED) is 0.777. The van der Waals surface area contributed by atoms with E-state index in [0.29, 0.717) is 16.9 Å². The van der Waals surface area contributed by atoms with Gasteiger partial charge in [-0.3, -0.25) is 4.79 Å². The van der Waals surface area contributed by atoms with Gasteiger partial charge >= 0.3 is 0 Å². The smallest absolute Gasteiger partial charge is 0.159 e. The molecule has 98 valence electrons. The molecule has 0 spiro atoms. The third kappa shape index (κ3) is 2.81. The fraction of sp³-hybridized carbons (Fsp3) is 0.188. The highest BCUT2D eigenvalue weighted by Gasteiger charge is 2.09. The van der Waals surface area contributed by atoms with Gasteiger partial charge in [-0.15, -0.1) is 0 Å². The SMILES string of the molecule is COc1cc(F)cc(-c2cc(C(C)=O)ccc2C)c1. The predicted octanol–water partition coefficient (Wildman–Crippen LogP) is 4.01. The molecule has 3 heteroatoms. The summed E-state index contributed by atoms with van der Waals surface area (Å²) in [7, 11) is 1.50. The zero-order chi connectivity index (χ0) is 14.0. The second-order valence-electron chi connectivity index (χ2n) is 4.47. The number of carbonyl (C=O) groups excluding carboxylic acids is 1. The van der Waals surface area contributed by atoms with Crippen molar-refractivity contribution in [1.82, 2.24) is 0 Å². The third-order valence-corrected chi connectivity index (χ3v) is 3.06. The number of aryl methyl sites for hydroxylation is 1. The summed E-state index contributed by atoms with van der Waals surface area (Å²) in [6, 6.07) is 9.95. The van der Waals surface area contributed by atoms with Gasteiger partial charge in [-0.1, -0.05) is 12.1 Å². The Kier molecular flexibility index (Phi) is 3.65. The van der Waals surface area contributed by atoms with Gasteiger partial charge in [-0.05, 0) is 48.7 Å². The summed E-state index contributed by atoms with van der Waals surface area (Å²) < 4.78 is 18.6. The lowest BCUT2D eigenvalue weighted by atomic mass is 9.97. The van der Waals surface area contributed by atoms with Crippen LogP contribution < -0.4 is 4.74 Å². The lowest BCUT2D eigenvalue weighted by molar-refractivity contribution is 0.101. The Balaban J connectivity index is 2.60. The first-order valence-corrected chi connectivity index (χ1v) is 5.98. The maximum absolute atomic E-state index is 13.5. The number of rotatable bonds is 3. The van der Waals surface area contributed by atoms with Gasteiger partial charge in [0.1, 0.15) is 11.6 Å². The average Bonchev–Trinajstić information content (AvgIpc) is 2.38. The number of Topliss-reactive ketones (excluding diaryl/α,β-unsaturated/α-hetero) is 1. The molecule has 0 N–H and O–H groups in total. The summed E-state index contributed by atoms with van der Waals surface area (Å²) >= 11 is 0. The van der Waals surface area contributed by atoms with E-state index in [1.54, 1.807) is 18.2 Å². The lowest BCUT2D eigenvalue weighted by Crippen LogP contribution is -1.95. The van der Waals surface area contributed by atoms with Crippen molar-refractivity contribution in [2.75, 3.05) is 7.11 Å². The highest BCUT2D eigenvalue weighted by atomic mass is 19.1. The van der Waals surface area contributed by atoms with Crippen LogP contribution in [-0.4, -0.2) is 12.9 Å². The topological polar surface area (TPSA) is 26.3 Å². The molecule has 0 amide bonds. The number of methoxy groups -OCH3 is 1. The normalized spacial score (nSPS) is 10.3.